The minimum absolute atomic E-state index is 0.763. The summed E-state index contributed by atoms with van der Waals surface area (Å²) in [7, 11) is 1.98. The van der Waals surface area contributed by atoms with Crippen LogP contribution in [0, 0.1) is 0 Å². The van der Waals surface area contributed by atoms with Gasteiger partial charge in [0.2, 0.25) is 0 Å². The highest BCUT2D eigenvalue weighted by atomic mass is 15.1. The van der Waals surface area contributed by atoms with Crippen LogP contribution in [-0.2, 0) is 6.42 Å². The normalized spacial score (nSPS) is 16.8. The molecular formula is C9H15N3. The maximum Gasteiger partial charge on any atom is 0.0950 e. The van der Waals surface area contributed by atoms with Crippen LogP contribution in [-0.4, -0.2) is 23.1 Å². The van der Waals surface area contributed by atoms with Gasteiger partial charge >= 0.3 is 0 Å². The zero-order chi connectivity index (χ0) is 8.39. The topological polar surface area (TPSA) is 29.9 Å². The van der Waals surface area contributed by atoms with Crippen molar-refractivity contribution >= 4 is 0 Å². The highest BCUT2D eigenvalue weighted by Crippen LogP contribution is 2.35. The highest BCUT2D eigenvalue weighted by molar-refractivity contribution is 5.03. The Morgan fingerprint density at radius 3 is 3.17 bits per heavy atom. The van der Waals surface area contributed by atoms with Gasteiger partial charge in [-0.2, -0.15) is 0 Å². The second-order valence-corrected chi connectivity index (χ2v) is 3.38. The number of hydrogen-bond donors (Lipinski definition) is 1. The lowest BCUT2D eigenvalue weighted by atomic mass is 10.3. The van der Waals surface area contributed by atoms with E-state index in [4.69, 9.17) is 0 Å². The molecule has 66 valence electrons. The molecular weight excluding hydrogens is 150 g/mol. The molecule has 3 heteroatoms. The summed E-state index contributed by atoms with van der Waals surface area (Å²) >= 11 is 0. The minimum atomic E-state index is 0.763. The fourth-order valence-electron chi connectivity index (χ4n) is 1.46. The second kappa shape index (κ2) is 3.27. The first-order valence-corrected chi connectivity index (χ1v) is 4.57. The number of rotatable bonds is 4. The molecule has 2 rings (SSSR count). The third kappa shape index (κ3) is 1.50. The highest BCUT2D eigenvalue weighted by Gasteiger charge is 2.24. The molecule has 0 unspecified atom stereocenters. The molecule has 0 spiro atoms. The molecule has 0 aliphatic heterocycles. The van der Waals surface area contributed by atoms with Crippen LogP contribution in [0.4, 0.5) is 0 Å². The molecule has 0 radical (unpaired) electrons. The summed E-state index contributed by atoms with van der Waals surface area (Å²) in [4.78, 5) is 4.17. The van der Waals surface area contributed by atoms with Gasteiger partial charge in [-0.3, -0.25) is 0 Å². The van der Waals surface area contributed by atoms with Crippen molar-refractivity contribution in [3.8, 4) is 0 Å². The van der Waals surface area contributed by atoms with E-state index in [0.717, 1.165) is 19.0 Å². The molecule has 3 nitrogen and oxygen atoms in total. The molecule has 1 aliphatic rings. The predicted molar refractivity (Wildman–Crippen MR) is 48.1 cm³/mol. The predicted octanol–water partition coefficient (Wildman–Crippen LogP) is 0.980. The van der Waals surface area contributed by atoms with Crippen molar-refractivity contribution in [2.75, 3.05) is 13.6 Å². The monoisotopic (exact) mass is 165 g/mol. The van der Waals surface area contributed by atoms with Gasteiger partial charge in [-0.15, -0.1) is 0 Å². The zero-order valence-electron chi connectivity index (χ0n) is 7.45. The first-order chi connectivity index (χ1) is 5.92. The van der Waals surface area contributed by atoms with Gasteiger partial charge in [0.05, 0.1) is 6.33 Å². The largest absolute Gasteiger partial charge is 0.332 e. The van der Waals surface area contributed by atoms with Crippen molar-refractivity contribution in [3.63, 3.8) is 0 Å². The zero-order valence-corrected chi connectivity index (χ0v) is 7.45. The molecule has 1 fully saturated rings. The number of nitrogens with one attached hydrogen (secondary N) is 1. The molecule has 1 aromatic rings. The van der Waals surface area contributed by atoms with E-state index in [2.05, 4.69) is 14.9 Å². The van der Waals surface area contributed by atoms with Crippen LogP contribution in [0.5, 0.6) is 0 Å². The molecule has 1 N–H and O–H groups in total. The molecule has 1 heterocycles. The quantitative estimate of drug-likeness (QED) is 0.720. The number of likely N-dealkylation sites (N-methyl/N-ethyl adjacent to an activating group) is 1. The standard InChI is InChI=1S/C9H15N3/c1-10-5-4-9-6-11-7-12(9)8-2-3-8/h6-8,10H,2-5H2,1H3. The van der Waals surface area contributed by atoms with Crippen LogP contribution >= 0.6 is 0 Å². The molecule has 1 aliphatic carbocycles. The first-order valence-electron chi connectivity index (χ1n) is 4.57. The lowest BCUT2D eigenvalue weighted by molar-refractivity contribution is 0.670. The molecule has 0 saturated heterocycles. The number of nitrogens with zero attached hydrogens (tertiary/aromatic N) is 2. The van der Waals surface area contributed by atoms with Crippen LogP contribution in [0.2, 0.25) is 0 Å². The summed E-state index contributed by atoms with van der Waals surface area (Å²) in [5.41, 5.74) is 1.37. The average molecular weight is 165 g/mol. The lowest BCUT2D eigenvalue weighted by Gasteiger charge is -2.04. The summed E-state index contributed by atoms with van der Waals surface area (Å²) in [6, 6.07) is 0.763. The van der Waals surface area contributed by atoms with E-state index in [-0.39, 0.29) is 0 Å². The van der Waals surface area contributed by atoms with Gasteiger partial charge in [-0.1, -0.05) is 0 Å². The van der Waals surface area contributed by atoms with E-state index in [1.54, 1.807) is 0 Å². The average Bonchev–Trinajstić information content (AvgIpc) is 2.83. The van der Waals surface area contributed by atoms with Crippen molar-refractivity contribution in [2.45, 2.75) is 25.3 Å². The third-order valence-electron chi connectivity index (χ3n) is 2.32. The molecule has 1 aromatic heterocycles. The Kier molecular flexibility index (Phi) is 2.13. The summed E-state index contributed by atoms with van der Waals surface area (Å²) in [6.45, 7) is 1.04. The number of hydrogen-bond acceptors (Lipinski definition) is 2. The Morgan fingerprint density at radius 2 is 2.50 bits per heavy atom. The minimum Gasteiger partial charge on any atom is -0.332 e. The van der Waals surface area contributed by atoms with Crippen molar-refractivity contribution in [2.24, 2.45) is 0 Å². The van der Waals surface area contributed by atoms with Gasteiger partial charge in [0.25, 0.3) is 0 Å². The maximum absolute atomic E-state index is 4.17. The van der Waals surface area contributed by atoms with E-state index in [9.17, 15) is 0 Å². The van der Waals surface area contributed by atoms with Gasteiger partial charge in [0.1, 0.15) is 0 Å². The van der Waals surface area contributed by atoms with Gasteiger partial charge in [0, 0.05) is 30.9 Å². The fraction of sp³-hybridized carbons (Fsp3) is 0.667. The molecule has 1 saturated carbocycles. The van der Waals surface area contributed by atoms with Crippen molar-refractivity contribution in [1.29, 1.82) is 0 Å². The van der Waals surface area contributed by atoms with Gasteiger partial charge in [-0.25, -0.2) is 4.98 Å². The Balaban J connectivity index is 2.03. The van der Waals surface area contributed by atoms with E-state index in [0.29, 0.717) is 0 Å². The van der Waals surface area contributed by atoms with Crippen LogP contribution in [0.1, 0.15) is 24.6 Å². The van der Waals surface area contributed by atoms with Gasteiger partial charge in [-0.05, 0) is 19.9 Å². The van der Waals surface area contributed by atoms with Gasteiger partial charge in [0.15, 0.2) is 0 Å². The third-order valence-corrected chi connectivity index (χ3v) is 2.32. The Morgan fingerprint density at radius 1 is 1.67 bits per heavy atom. The number of imidazole rings is 1. The van der Waals surface area contributed by atoms with Crippen molar-refractivity contribution in [3.05, 3.63) is 18.2 Å². The van der Waals surface area contributed by atoms with Gasteiger partial charge < -0.3 is 9.88 Å². The summed E-state index contributed by atoms with van der Waals surface area (Å²) in [5.74, 6) is 0. The van der Waals surface area contributed by atoms with Crippen molar-refractivity contribution in [1.82, 2.24) is 14.9 Å². The Labute approximate surface area is 72.8 Å². The SMILES string of the molecule is CNCCc1cncn1C1CC1. The lowest BCUT2D eigenvalue weighted by Crippen LogP contribution is -2.12. The Hall–Kier alpha value is -0.830. The summed E-state index contributed by atoms with van der Waals surface area (Å²) in [6.07, 6.45) is 7.71. The molecule has 0 aromatic carbocycles. The second-order valence-electron chi connectivity index (χ2n) is 3.38. The van der Waals surface area contributed by atoms with Crippen LogP contribution in [0.3, 0.4) is 0 Å². The van der Waals surface area contributed by atoms with E-state index < -0.39 is 0 Å². The molecule has 0 bridgehead atoms. The Bertz CT molecular complexity index is 250. The molecule has 0 atom stereocenters. The summed E-state index contributed by atoms with van der Waals surface area (Å²) in [5, 5.41) is 3.15. The van der Waals surface area contributed by atoms with E-state index in [1.165, 1.54) is 18.5 Å². The maximum atomic E-state index is 4.17. The smallest absolute Gasteiger partial charge is 0.0950 e. The number of aromatic nitrogens is 2. The van der Waals surface area contributed by atoms with Crippen LogP contribution in [0.25, 0.3) is 0 Å². The van der Waals surface area contributed by atoms with Crippen LogP contribution < -0.4 is 5.32 Å². The fourth-order valence-corrected chi connectivity index (χ4v) is 1.46. The first kappa shape index (κ1) is 7.80. The summed E-state index contributed by atoms with van der Waals surface area (Å²) < 4.78 is 2.32. The van der Waals surface area contributed by atoms with E-state index >= 15 is 0 Å². The van der Waals surface area contributed by atoms with E-state index in [1.807, 2.05) is 19.6 Å². The van der Waals surface area contributed by atoms with Crippen LogP contribution in [0.15, 0.2) is 12.5 Å². The van der Waals surface area contributed by atoms with Crippen molar-refractivity contribution < 1.29 is 0 Å². The molecule has 0 amide bonds. The molecule has 12 heavy (non-hydrogen) atoms.